The van der Waals surface area contributed by atoms with Crippen molar-refractivity contribution in [1.82, 2.24) is 0 Å². The SMILES string of the molecule is COc1ccc(CCC2CCC(C3CCC(C)CC3)CO2)cc1. The van der Waals surface area contributed by atoms with Crippen LogP contribution >= 0.6 is 0 Å². The van der Waals surface area contributed by atoms with Crippen LogP contribution in [0, 0.1) is 17.8 Å². The maximum atomic E-state index is 6.21. The van der Waals surface area contributed by atoms with Crippen LogP contribution in [0.4, 0.5) is 0 Å². The highest BCUT2D eigenvalue weighted by atomic mass is 16.5. The smallest absolute Gasteiger partial charge is 0.118 e. The molecule has 1 heterocycles. The highest BCUT2D eigenvalue weighted by Crippen LogP contribution is 2.37. The monoisotopic (exact) mass is 316 g/mol. The molecule has 0 aromatic heterocycles. The summed E-state index contributed by atoms with van der Waals surface area (Å²) in [5.74, 6) is 3.66. The first-order valence-corrected chi connectivity index (χ1v) is 9.49. The molecule has 2 unspecified atom stereocenters. The number of methoxy groups -OCH3 is 1. The second-order valence-electron chi connectivity index (χ2n) is 7.70. The van der Waals surface area contributed by atoms with Crippen LogP contribution in [0.2, 0.25) is 0 Å². The van der Waals surface area contributed by atoms with Crippen molar-refractivity contribution < 1.29 is 9.47 Å². The molecule has 23 heavy (non-hydrogen) atoms. The van der Waals surface area contributed by atoms with Gasteiger partial charge in [-0.1, -0.05) is 31.9 Å². The molecule has 1 aromatic rings. The predicted octanol–water partition coefficient (Wildman–Crippen LogP) is 5.25. The summed E-state index contributed by atoms with van der Waals surface area (Å²) in [7, 11) is 1.72. The lowest BCUT2D eigenvalue weighted by Gasteiger charge is -2.37. The lowest BCUT2D eigenvalue weighted by molar-refractivity contribution is -0.0413. The lowest BCUT2D eigenvalue weighted by atomic mass is 9.74. The molecule has 2 atom stereocenters. The molecular weight excluding hydrogens is 284 g/mol. The first-order valence-electron chi connectivity index (χ1n) is 9.49. The predicted molar refractivity (Wildman–Crippen MR) is 94.9 cm³/mol. The number of rotatable bonds is 5. The normalized spacial score (nSPS) is 31.7. The fraction of sp³-hybridized carbons (Fsp3) is 0.714. The van der Waals surface area contributed by atoms with Gasteiger partial charge in [0.15, 0.2) is 0 Å². The van der Waals surface area contributed by atoms with Crippen molar-refractivity contribution in [3.05, 3.63) is 29.8 Å². The summed E-state index contributed by atoms with van der Waals surface area (Å²) in [5, 5.41) is 0. The average Bonchev–Trinajstić information content (AvgIpc) is 2.61. The minimum absolute atomic E-state index is 0.468. The highest BCUT2D eigenvalue weighted by Gasteiger charge is 2.30. The van der Waals surface area contributed by atoms with Gasteiger partial charge in [-0.3, -0.25) is 0 Å². The van der Waals surface area contributed by atoms with Gasteiger partial charge in [-0.05, 0) is 74.0 Å². The van der Waals surface area contributed by atoms with Crippen LogP contribution < -0.4 is 4.74 Å². The Hall–Kier alpha value is -1.02. The zero-order chi connectivity index (χ0) is 16.1. The Kier molecular flexibility index (Phi) is 5.99. The Labute approximate surface area is 141 Å². The second-order valence-corrected chi connectivity index (χ2v) is 7.70. The molecule has 0 spiro atoms. The van der Waals surface area contributed by atoms with Crippen molar-refractivity contribution >= 4 is 0 Å². The molecule has 2 heteroatoms. The van der Waals surface area contributed by atoms with Crippen LogP contribution in [0.5, 0.6) is 5.75 Å². The summed E-state index contributed by atoms with van der Waals surface area (Å²) >= 11 is 0. The van der Waals surface area contributed by atoms with E-state index in [-0.39, 0.29) is 0 Å². The minimum Gasteiger partial charge on any atom is -0.497 e. The molecule has 1 aromatic carbocycles. The van der Waals surface area contributed by atoms with Crippen LogP contribution in [-0.2, 0) is 11.2 Å². The van der Waals surface area contributed by atoms with Crippen LogP contribution in [0.25, 0.3) is 0 Å². The molecular formula is C21H32O2. The van der Waals surface area contributed by atoms with E-state index in [1.54, 1.807) is 7.11 Å². The number of aryl methyl sites for hydroxylation is 1. The number of hydrogen-bond donors (Lipinski definition) is 0. The van der Waals surface area contributed by atoms with Crippen molar-refractivity contribution in [2.45, 2.75) is 64.4 Å². The van der Waals surface area contributed by atoms with Gasteiger partial charge in [-0.25, -0.2) is 0 Å². The quantitative estimate of drug-likeness (QED) is 0.738. The molecule has 0 amide bonds. The van der Waals surface area contributed by atoms with E-state index in [4.69, 9.17) is 9.47 Å². The van der Waals surface area contributed by atoms with E-state index >= 15 is 0 Å². The van der Waals surface area contributed by atoms with E-state index in [1.165, 1.54) is 44.1 Å². The maximum absolute atomic E-state index is 6.21. The molecule has 1 aliphatic heterocycles. The van der Waals surface area contributed by atoms with Gasteiger partial charge in [0, 0.05) is 0 Å². The third-order valence-electron chi connectivity index (χ3n) is 6.05. The number of hydrogen-bond acceptors (Lipinski definition) is 2. The largest absolute Gasteiger partial charge is 0.497 e. The molecule has 1 saturated carbocycles. The van der Waals surface area contributed by atoms with E-state index in [2.05, 4.69) is 31.2 Å². The standard InChI is InChI=1S/C21H32O2/c1-16-3-8-18(9-4-16)19-10-14-21(23-15-19)13-7-17-5-11-20(22-2)12-6-17/h5-6,11-12,16,18-19,21H,3-4,7-10,13-15H2,1-2H3. The van der Waals surface area contributed by atoms with Crippen molar-refractivity contribution in [3.63, 3.8) is 0 Å². The topological polar surface area (TPSA) is 18.5 Å². The van der Waals surface area contributed by atoms with Crippen molar-refractivity contribution in [1.29, 1.82) is 0 Å². The van der Waals surface area contributed by atoms with Gasteiger partial charge >= 0.3 is 0 Å². The summed E-state index contributed by atoms with van der Waals surface area (Å²) in [4.78, 5) is 0. The zero-order valence-electron chi connectivity index (χ0n) is 14.8. The fourth-order valence-electron chi connectivity index (χ4n) is 4.30. The zero-order valence-corrected chi connectivity index (χ0v) is 14.8. The third kappa shape index (κ3) is 4.73. The molecule has 2 nitrogen and oxygen atoms in total. The molecule has 0 radical (unpaired) electrons. The van der Waals surface area contributed by atoms with Gasteiger partial charge in [0.05, 0.1) is 19.8 Å². The Bertz CT molecular complexity index is 451. The van der Waals surface area contributed by atoms with E-state index in [0.717, 1.165) is 43.0 Å². The van der Waals surface area contributed by atoms with Gasteiger partial charge < -0.3 is 9.47 Å². The maximum Gasteiger partial charge on any atom is 0.118 e. The van der Waals surface area contributed by atoms with Crippen molar-refractivity contribution in [2.24, 2.45) is 17.8 Å². The molecule has 128 valence electrons. The molecule has 0 N–H and O–H groups in total. The van der Waals surface area contributed by atoms with Gasteiger partial charge in [0.2, 0.25) is 0 Å². The molecule has 1 saturated heterocycles. The van der Waals surface area contributed by atoms with E-state index in [1.807, 2.05) is 0 Å². The van der Waals surface area contributed by atoms with Gasteiger partial charge in [-0.2, -0.15) is 0 Å². The van der Waals surface area contributed by atoms with Gasteiger partial charge in [-0.15, -0.1) is 0 Å². The van der Waals surface area contributed by atoms with Crippen molar-refractivity contribution in [2.75, 3.05) is 13.7 Å². The van der Waals surface area contributed by atoms with E-state index in [0.29, 0.717) is 6.10 Å². The summed E-state index contributed by atoms with van der Waals surface area (Å²) in [6.07, 6.45) is 11.1. The second kappa shape index (κ2) is 8.19. The van der Waals surface area contributed by atoms with Gasteiger partial charge in [0.25, 0.3) is 0 Å². The molecule has 2 aliphatic rings. The van der Waals surface area contributed by atoms with Crippen molar-refractivity contribution in [3.8, 4) is 5.75 Å². The molecule has 2 fully saturated rings. The third-order valence-corrected chi connectivity index (χ3v) is 6.05. The fourth-order valence-corrected chi connectivity index (χ4v) is 4.30. The molecule has 0 bridgehead atoms. The first kappa shape index (κ1) is 16.8. The molecule has 3 rings (SSSR count). The summed E-state index contributed by atoms with van der Waals surface area (Å²) < 4.78 is 11.4. The summed E-state index contributed by atoms with van der Waals surface area (Å²) in [5.41, 5.74) is 1.39. The van der Waals surface area contributed by atoms with Crippen LogP contribution in [0.3, 0.4) is 0 Å². The Morgan fingerprint density at radius 2 is 1.65 bits per heavy atom. The van der Waals surface area contributed by atoms with Crippen LogP contribution in [-0.4, -0.2) is 19.8 Å². The first-order chi connectivity index (χ1) is 11.2. The van der Waals surface area contributed by atoms with Crippen LogP contribution in [0.1, 0.15) is 57.4 Å². The number of ether oxygens (including phenoxy) is 2. The number of benzene rings is 1. The molecule has 1 aliphatic carbocycles. The Morgan fingerprint density at radius 3 is 2.26 bits per heavy atom. The minimum atomic E-state index is 0.468. The summed E-state index contributed by atoms with van der Waals surface area (Å²) in [6, 6.07) is 8.45. The summed E-state index contributed by atoms with van der Waals surface area (Å²) in [6.45, 7) is 3.41. The van der Waals surface area contributed by atoms with Gasteiger partial charge in [0.1, 0.15) is 5.75 Å². The Balaban J connectivity index is 1.38. The van der Waals surface area contributed by atoms with E-state index < -0.39 is 0 Å². The highest BCUT2D eigenvalue weighted by molar-refractivity contribution is 5.27. The average molecular weight is 316 g/mol. The lowest BCUT2D eigenvalue weighted by Crippen LogP contribution is -2.32. The Morgan fingerprint density at radius 1 is 0.957 bits per heavy atom. The van der Waals surface area contributed by atoms with E-state index in [9.17, 15) is 0 Å². The van der Waals surface area contributed by atoms with Crippen LogP contribution in [0.15, 0.2) is 24.3 Å².